The number of aliphatic hydroxyl groups is 1. The van der Waals surface area contributed by atoms with Crippen molar-refractivity contribution in [2.75, 3.05) is 39.5 Å². The summed E-state index contributed by atoms with van der Waals surface area (Å²) in [7, 11) is 0. The monoisotopic (exact) mass is 462 g/mol. The predicted octanol–water partition coefficient (Wildman–Crippen LogP) is 4.94. The number of hydrogen-bond acceptors (Lipinski definition) is 3. The number of nitrogens with zero attached hydrogens (tertiary/aromatic N) is 1. The number of morpholine rings is 1. The second-order valence-electron chi connectivity index (χ2n) is 11.9. The first-order valence-corrected chi connectivity index (χ1v) is 13.5. The molecule has 4 aliphatic carbocycles. The molecule has 0 amide bonds. The molecule has 34 heavy (non-hydrogen) atoms. The van der Waals surface area contributed by atoms with Gasteiger partial charge in [-0.05, 0) is 79.4 Å². The van der Waals surface area contributed by atoms with Crippen LogP contribution in [0.25, 0.3) is 0 Å². The zero-order valence-electron chi connectivity index (χ0n) is 20.4. The van der Waals surface area contributed by atoms with E-state index in [9.17, 15) is 5.11 Å². The van der Waals surface area contributed by atoms with E-state index in [0.29, 0.717) is 18.6 Å². The summed E-state index contributed by atoms with van der Waals surface area (Å²) in [6, 6.07) is 19.5. The molecule has 7 rings (SSSR count). The lowest BCUT2D eigenvalue weighted by Crippen LogP contribution is -2.58. The van der Waals surface area contributed by atoms with Crippen molar-refractivity contribution < 1.29 is 19.1 Å². The van der Waals surface area contributed by atoms with Gasteiger partial charge in [0, 0.05) is 5.56 Å². The molecule has 2 aromatic carbocycles. The van der Waals surface area contributed by atoms with Crippen LogP contribution in [0, 0.1) is 17.8 Å². The third-order valence-electron chi connectivity index (χ3n) is 9.33. The highest BCUT2D eigenvalue weighted by molar-refractivity contribution is 5.34. The molecule has 0 unspecified atom stereocenters. The first-order chi connectivity index (χ1) is 16.6. The normalized spacial score (nSPS) is 32.4. The number of aliphatic hydroxyl groups excluding tert-OH is 1. The Morgan fingerprint density at radius 3 is 2.12 bits per heavy atom. The molecule has 4 nitrogen and oxygen atoms in total. The summed E-state index contributed by atoms with van der Waals surface area (Å²) in [4.78, 5) is 0. The molecule has 4 saturated carbocycles. The van der Waals surface area contributed by atoms with E-state index in [1.165, 1.54) is 49.7 Å². The van der Waals surface area contributed by atoms with Gasteiger partial charge in [-0.15, -0.1) is 0 Å². The Hall–Kier alpha value is -1.88. The first kappa shape index (κ1) is 22.6. The fraction of sp³-hybridized carbons (Fsp3) is 0.600. The Balaban J connectivity index is 1.07. The van der Waals surface area contributed by atoms with Crippen molar-refractivity contribution in [1.29, 1.82) is 0 Å². The Bertz CT molecular complexity index is 915. The van der Waals surface area contributed by atoms with Gasteiger partial charge in [0.05, 0.1) is 13.2 Å². The molecule has 0 aromatic heterocycles. The second-order valence-corrected chi connectivity index (χ2v) is 11.9. The largest absolute Gasteiger partial charge is 0.491 e. The fourth-order valence-corrected chi connectivity index (χ4v) is 8.17. The van der Waals surface area contributed by atoms with Gasteiger partial charge >= 0.3 is 0 Å². The van der Waals surface area contributed by atoms with Crippen LogP contribution in [-0.4, -0.2) is 55.1 Å². The van der Waals surface area contributed by atoms with Crippen LogP contribution in [0.3, 0.4) is 0 Å². The fourth-order valence-electron chi connectivity index (χ4n) is 8.17. The molecule has 4 bridgehead atoms. The van der Waals surface area contributed by atoms with E-state index < -0.39 is 6.10 Å². The highest BCUT2D eigenvalue weighted by atomic mass is 16.5. The quantitative estimate of drug-likeness (QED) is 0.565. The zero-order chi connectivity index (χ0) is 23.0. The van der Waals surface area contributed by atoms with Crippen LogP contribution in [0.1, 0.15) is 49.7 Å². The lowest BCUT2D eigenvalue weighted by Gasteiger charge is -2.57. The van der Waals surface area contributed by atoms with Gasteiger partial charge in [-0.3, -0.25) is 0 Å². The number of benzene rings is 2. The average molecular weight is 463 g/mol. The smallest absolute Gasteiger partial charge is 0.137 e. The van der Waals surface area contributed by atoms with Crippen LogP contribution in [-0.2, 0) is 16.7 Å². The minimum absolute atomic E-state index is 0.340. The van der Waals surface area contributed by atoms with Crippen molar-refractivity contribution in [3.8, 4) is 5.75 Å². The van der Waals surface area contributed by atoms with Gasteiger partial charge in [0.2, 0.25) is 0 Å². The Labute approximate surface area is 204 Å². The maximum absolute atomic E-state index is 10.9. The topological polar surface area (TPSA) is 38.7 Å². The van der Waals surface area contributed by atoms with E-state index >= 15 is 0 Å². The van der Waals surface area contributed by atoms with Gasteiger partial charge in [-0.2, -0.15) is 0 Å². The lowest BCUT2D eigenvalue weighted by molar-refractivity contribution is -0.950. The van der Waals surface area contributed by atoms with Crippen LogP contribution in [0.2, 0.25) is 0 Å². The van der Waals surface area contributed by atoms with Gasteiger partial charge in [0.25, 0.3) is 0 Å². The van der Waals surface area contributed by atoms with E-state index in [1.807, 2.05) is 0 Å². The summed E-state index contributed by atoms with van der Waals surface area (Å²) in [6.07, 6.45) is 8.12. The molecule has 5 aliphatic rings. The second kappa shape index (κ2) is 9.29. The van der Waals surface area contributed by atoms with Gasteiger partial charge in [-0.1, -0.05) is 42.5 Å². The molecule has 1 atom stereocenters. The summed E-state index contributed by atoms with van der Waals surface area (Å²) in [5.41, 5.74) is 3.27. The van der Waals surface area contributed by atoms with Crippen molar-refractivity contribution in [2.45, 2.75) is 56.6 Å². The van der Waals surface area contributed by atoms with Crippen molar-refractivity contribution in [2.24, 2.45) is 17.8 Å². The Morgan fingerprint density at radius 2 is 1.50 bits per heavy atom. The van der Waals surface area contributed by atoms with E-state index in [0.717, 1.165) is 60.8 Å². The van der Waals surface area contributed by atoms with Gasteiger partial charge in [0.15, 0.2) is 0 Å². The van der Waals surface area contributed by atoms with Crippen LogP contribution < -0.4 is 4.74 Å². The number of hydrogen-bond donors (Lipinski definition) is 1. The van der Waals surface area contributed by atoms with E-state index in [2.05, 4.69) is 54.6 Å². The van der Waals surface area contributed by atoms with Gasteiger partial charge < -0.3 is 19.1 Å². The standard InChI is InChI=1S/C30H40NO3/c32-28(21-31(10-12-33-13-11-31)20-23-4-2-1-3-5-23)22-34-29-8-6-27(7-9-29)30-17-24-14-25(18-30)16-26(15-24)19-30/h1-9,24-26,28,32H,10-22H2/q+1/t24?,25?,26?,28-,30?/m1/s1. The summed E-state index contributed by atoms with van der Waals surface area (Å²) < 4.78 is 12.6. The first-order valence-electron chi connectivity index (χ1n) is 13.5. The van der Waals surface area contributed by atoms with Gasteiger partial charge in [-0.25, -0.2) is 0 Å². The minimum Gasteiger partial charge on any atom is -0.491 e. The van der Waals surface area contributed by atoms with Crippen molar-refractivity contribution >= 4 is 0 Å². The molecule has 2 aromatic rings. The maximum atomic E-state index is 10.9. The highest BCUT2D eigenvalue weighted by Crippen LogP contribution is 2.60. The van der Waals surface area contributed by atoms with Crippen molar-refractivity contribution in [3.05, 3.63) is 65.7 Å². The van der Waals surface area contributed by atoms with Crippen LogP contribution in [0.5, 0.6) is 5.75 Å². The molecular weight excluding hydrogens is 422 g/mol. The summed E-state index contributed by atoms with van der Waals surface area (Å²) in [6.45, 7) is 5.35. The van der Waals surface area contributed by atoms with E-state index in [4.69, 9.17) is 9.47 Å². The minimum atomic E-state index is -0.496. The van der Waals surface area contributed by atoms with Crippen LogP contribution >= 0.6 is 0 Å². The SMILES string of the molecule is O[C@@H](COc1ccc(C23CC4CC(CC(C4)C2)C3)cc1)C[N+]1(Cc2ccccc2)CCOCC1. The molecule has 1 N–H and O–H groups in total. The zero-order valence-corrected chi connectivity index (χ0v) is 20.4. The maximum Gasteiger partial charge on any atom is 0.137 e. The molecule has 1 aliphatic heterocycles. The Morgan fingerprint density at radius 1 is 0.882 bits per heavy atom. The van der Waals surface area contributed by atoms with E-state index in [-0.39, 0.29) is 0 Å². The molecule has 1 heterocycles. The Kier molecular flexibility index (Phi) is 6.17. The number of quaternary nitrogens is 1. The molecule has 1 saturated heterocycles. The van der Waals surface area contributed by atoms with Crippen LogP contribution in [0.4, 0.5) is 0 Å². The number of rotatable bonds is 8. The number of ether oxygens (including phenoxy) is 2. The highest BCUT2D eigenvalue weighted by Gasteiger charge is 2.51. The van der Waals surface area contributed by atoms with E-state index in [1.54, 1.807) is 0 Å². The van der Waals surface area contributed by atoms with Crippen molar-refractivity contribution in [3.63, 3.8) is 0 Å². The lowest BCUT2D eigenvalue weighted by atomic mass is 9.48. The molecule has 182 valence electrons. The average Bonchev–Trinajstić information content (AvgIpc) is 2.83. The molecule has 0 spiro atoms. The summed E-state index contributed by atoms with van der Waals surface area (Å²) in [5, 5.41) is 10.9. The van der Waals surface area contributed by atoms with Crippen molar-refractivity contribution in [1.82, 2.24) is 0 Å². The third kappa shape index (κ3) is 4.65. The predicted molar refractivity (Wildman–Crippen MR) is 134 cm³/mol. The molecule has 0 radical (unpaired) electrons. The molecule has 5 fully saturated rings. The summed E-state index contributed by atoms with van der Waals surface area (Å²) >= 11 is 0. The third-order valence-corrected chi connectivity index (χ3v) is 9.33. The van der Waals surface area contributed by atoms with Crippen LogP contribution in [0.15, 0.2) is 54.6 Å². The van der Waals surface area contributed by atoms with Gasteiger partial charge in [0.1, 0.15) is 44.6 Å². The molecule has 4 heteroatoms. The summed E-state index contributed by atoms with van der Waals surface area (Å²) in [5.74, 6) is 3.76. The molecular formula is C30H40NO3+.